The number of hydrogen-bond acceptors (Lipinski definition) is 2. The molecule has 2 heterocycles. The van der Waals surface area contributed by atoms with Crippen LogP contribution in [0.1, 0.15) is 59.8 Å². The fourth-order valence-electron chi connectivity index (χ4n) is 3.89. The first-order valence-corrected chi connectivity index (χ1v) is 8.01. The number of pyridine rings is 1. The Bertz CT molecular complexity index is 635. The summed E-state index contributed by atoms with van der Waals surface area (Å²) >= 11 is 0. The Morgan fingerprint density at radius 1 is 0.917 bits per heavy atom. The number of halogens is 6. The average molecular weight is 352 g/mol. The van der Waals surface area contributed by atoms with Gasteiger partial charge < -0.3 is 0 Å². The Morgan fingerprint density at radius 3 is 2.04 bits per heavy atom. The summed E-state index contributed by atoms with van der Waals surface area (Å²) < 4.78 is 81.3. The molecule has 24 heavy (non-hydrogen) atoms. The Morgan fingerprint density at radius 2 is 1.54 bits per heavy atom. The molecule has 0 spiro atoms. The van der Waals surface area contributed by atoms with Crippen LogP contribution in [0, 0.1) is 0 Å². The summed E-state index contributed by atoms with van der Waals surface area (Å²) in [6.45, 7) is 0.558. The molecule has 0 amide bonds. The van der Waals surface area contributed by atoms with Crippen LogP contribution in [0.4, 0.5) is 26.3 Å². The molecule has 2 nitrogen and oxygen atoms in total. The lowest BCUT2D eigenvalue weighted by atomic mass is 9.84. The molecule has 0 N–H and O–H groups in total. The number of aromatic nitrogens is 1. The predicted molar refractivity (Wildman–Crippen MR) is 75.5 cm³/mol. The number of nitrogens with zero attached hydrogens (tertiary/aromatic N) is 2. The molecule has 2 aliphatic rings. The minimum absolute atomic E-state index is 0.00103. The zero-order valence-electron chi connectivity index (χ0n) is 13.2. The molecular weight excluding hydrogens is 334 g/mol. The van der Waals surface area contributed by atoms with E-state index in [1.54, 1.807) is 11.9 Å². The van der Waals surface area contributed by atoms with Crippen LogP contribution >= 0.6 is 0 Å². The third-order valence-corrected chi connectivity index (χ3v) is 4.93. The van der Waals surface area contributed by atoms with Gasteiger partial charge in [0.05, 0.1) is 17.3 Å². The van der Waals surface area contributed by atoms with Gasteiger partial charge in [0, 0.05) is 0 Å². The molecule has 0 saturated carbocycles. The van der Waals surface area contributed by atoms with Crippen molar-refractivity contribution in [1.82, 2.24) is 9.88 Å². The standard InChI is InChI=1S/C16H18F6N2/c1-24-8-4-7-11(24)13-12(15(17,18)19)9-5-2-3-6-10(9)14(23-13)16(20,21)22/h11H,2-8H2,1H3/t11-/m0/s1. The first kappa shape index (κ1) is 17.5. The predicted octanol–water partition coefficient (Wildman–Crippen LogP) is 4.76. The van der Waals surface area contributed by atoms with Crippen molar-refractivity contribution >= 4 is 0 Å². The third-order valence-electron chi connectivity index (χ3n) is 4.93. The SMILES string of the molecule is CN1CCC[C@H]1c1nc(C(F)(F)F)c2c(c1C(F)(F)F)CCCC2. The van der Waals surface area contributed by atoms with E-state index in [0.29, 0.717) is 32.2 Å². The summed E-state index contributed by atoms with van der Waals surface area (Å²) in [4.78, 5) is 5.23. The Labute approximate surface area is 135 Å². The van der Waals surface area contributed by atoms with Gasteiger partial charge in [-0.15, -0.1) is 0 Å². The fourth-order valence-corrected chi connectivity index (χ4v) is 3.89. The van der Waals surface area contributed by atoms with Gasteiger partial charge in [-0.2, -0.15) is 26.3 Å². The summed E-state index contributed by atoms with van der Waals surface area (Å²) in [6, 6.07) is -0.713. The summed E-state index contributed by atoms with van der Waals surface area (Å²) in [6.07, 6.45) is -7.44. The molecule has 1 saturated heterocycles. The van der Waals surface area contributed by atoms with E-state index in [1.165, 1.54) is 0 Å². The van der Waals surface area contributed by atoms with Crippen molar-refractivity contribution in [3.05, 3.63) is 28.1 Å². The zero-order valence-corrected chi connectivity index (χ0v) is 13.2. The van der Waals surface area contributed by atoms with Crippen LogP contribution in [-0.4, -0.2) is 23.5 Å². The molecule has 0 radical (unpaired) electrons. The first-order chi connectivity index (χ1) is 11.1. The van der Waals surface area contributed by atoms with Crippen LogP contribution in [0.3, 0.4) is 0 Å². The second kappa shape index (κ2) is 5.89. The third kappa shape index (κ3) is 3.00. The quantitative estimate of drug-likeness (QED) is 0.677. The van der Waals surface area contributed by atoms with Gasteiger partial charge in [-0.25, -0.2) is 4.98 Å². The average Bonchev–Trinajstić information content (AvgIpc) is 2.89. The van der Waals surface area contributed by atoms with Crippen molar-refractivity contribution in [3.63, 3.8) is 0 Å². The molecule has 1 aromatic heterocycles. The lowest BCUT2D eigenvalue weighted by molar-refractivity contribution is -0.146. The van der Waals surface area contributed by atoms with E-state index in [0.717, 1.165) is 0 Å². The Hall–Kier alpha value is -1.31. The van der Waals surface area contributed by atoms with Gasteiger partial charge in [0.25, 0.3) is 0 Å². The highest BCUT2D eigenvalue weighted by molar-refractivity contribution is 5.46. The van der Waals surface area contributed by atoms with Crippen molar-refractivity contribution < 1.29 is 26.3 Å². The van der Waals surface area contributed by atoms with Crippen LogP contribution in [0.2, 0.25) is 0 Å². The molecule has 3 rings (SSSR count). The normalized spacial score (nSPS) is 22.7. The molecule has 1 aromatic rings. The summed E-state index contributed by atoms with van der Waals surface area (Å²) in [5.74, 6) is 0. The molecule has 0 aromatic carbocycles. The molecule has 0 unspecified atom stereocenters. The molecular formula is C16H18F6N2. The van der Waals surface area contributed by atoms with E-state index < -0.39 is 35.3 Å². The fraction of sp³-hybridized carbons (Fsp3) is 0.688. The molecule has 1 aliphatic carbocycles. The van der Waals surface area contributed by atoms with E-state index in [1.807, 2.05) is 0 Å². The lowest BCUT2D eigenvalue weighted by Gasteiger charge is -2.30. The van der Waals surface area contributed by atoms with Crippen LogP contribution in [0.5, 0.6) is 0 Å². The molecule has 0 bridgehead atoms. The highest BCUT2D eigenvalue weighted by atomic mass is 19.4. The monoisotopic (exact) mass is 352 g/mol. The number of likely N-dealkylation sites (tertiary alicyclic amines) is 1. The van der Waals surface area contributed by atoms with Crippen molar-refractivity contribution in [2.75, 3.05) is 13.6 Å². The van der Waals surface area contributed by atoms with E-state index in [4.69, 9.17) is 0 Å². The van der Waals surface area contributed by atoms with Crippen LogP contribution in [-0.2, 0) is 25.2 Å². The number of alkyl halides is 6. The van der Waals surface area contributed by atoms with E-state index >= 15 is 0 Å². The van der Waals surface area contributed by atoms with Gasteiger partial charge in [0.2, 0.25) is 0 Å². The second-order valence-corrected chi connectivity index (χ2v) is 6.52. The first-order valence-electron chi connectivity index (χ1n) is 8.01. The molecule has 134 valence electrons. The largest absolute Gasteiger partial charge is 0.433 e. The Kier molecular flexibility index (Phi) is 4.30. The maximum Gasteiger partial charge on any atom is 0.433 e. The maximum absolute atomic E-state index is 13.7. The van der Waals surface area contributed by atoms with Gasteiger partial charge in [0.1, 0.15) is 5.69 Å². The van der Waals surface area contributed by atoms with Crippen LogP contribution in [0.25, 0.3) is 0 Å². The van der Waals surface area contributed by atoms with Gasteiger partial charge >= 0.3 is 12.4 Å². The van der Waals surface area contributed by atoms with E-state index in [-0.39, 0.29) is 24.0 Å². The van der Waals surface area contributed by atoms with Crippen LogP contribution < -0.4 is 0 Å². The summed E-state index contributed by atoms with van der Waals surface area (Å²) in [5, 5.41) is 0. The Balaban J connectivity index is 2.30. The van der Waals surface area contributed by atoms with Gasteiger partial charge in [-0.3, -0.25) is 4.90 Å². The minimum Gasteiger partial charge on any atom is -0.298 e. The van der Waals surface area contributed by atoms with E-state index in [9.17, 15) is 26.3 Å². The summed E-state index contributed by atoms with van der Waals surface area (Å²) in [7, 11) is 1.63. The zero-order chi connectivity index (χ0) is 17.7. The van der Waals surface area contributed by atoms with Gasteiger partial charge in [0.15, 0.2) is 0 Å². The van der Waals surface area contributed by atoms with E-state index in [2.05, 4.69) is 4.98 Å². The van der Waals surface area contributed by atoms with Gasteiger partial charge in [-0.05, 0) is 63.2 Å². The van der Waals surface area contributed by atoms with Crippen molar-refractivity contribution in [3.8, 4) is 0 Å². The van der Waals surface area contributed by atoms with Crippen LogP contribution in [0.15, 0.2) is 0 Å². The molecule has 1 atom stereocenters. The minimum atomic E-state index is -4.74. The number of hydrogen-bond donors (Lipinski definition) is 0. The maximum atomic E-state index is 13.7. The lowest BCUT2D eigenvalue weighted by Crippen LogP contribution is -2.28. The van der Waals surface area contributed by atoms with Gasteiger partial charge in [-0.1, -0.05) is 0 Å². The molecule has 1 fully saturated rings. The molecule has 8 heteroatoms. The smallest absolute Gasteiger partial charge is 0.298 e. The van der Waals surface area contributed by atoms with Crippen molar-refractivity contribution in [2.45, 2.75) is 56.9 Å². The highest BCUT2D eigenvalue weighted by Gasteiger charge is 2.46. The molecule has 1 aliphatic heterocycles. The number of fused-ring (bicyclic) bond motifs is 1. The highest BCUT2D eigenvalue weighted by Crippen LogP contribution is 2.46. The van der Waals surface area contributed by atoms with Crippen molar-refractivity contribution in [2.24, 2.45) is 0 Å². The number of rotatable bonds is 1. The van der Waals surface area contributed by atoms with Crippen molar-refractivity contribution in [1.29, 1.82) is 0 Å². The topological polar surface area (TPSA) is 16.1 Å². The second-order valence-electron chi connectivity index (χ2n) is 6.52. The summed E-state index contributed by atoms with van der Waals surface area (Å²) in [5.41, 5.74) is -2.95.